The number of imide groups is 1. The number of carbonyl (C=O) groups excluding carboxylic acids is 3. The summed E-state index contributed by atoms with van der Waals surface area (Å²) in [6.07, 6.45) is 7.49. The second-order valence-electron chi connectivity index (χ2n) is 8.22. The molecule has 1 aromatic carbocycles. The highest BCUT2D eigenvalue weighted by Gasteiger charge is 2.52. The summed E-state index contributed by atoms with van der Waals surface area (Å²) in [5.41, 5.74) is 0.797. The molecule has 2 aromatic rings. The van der Waals surface area contributed by atoms with Crippen LogP contribution in [0.2, 0.25) is 0 Å². The largest absolute Gasteiger partial charge is 0.325 e. The van der Waals surface area contributed by atoms with Gasteiger partial charge >= 0.3 is 6.03 Å². The van der Waals surface area contributed by atoms with E-state index in [1.165, 1.54) is 0 Å². The van der Waals surface area contributed by atoms with Gasteiger partial charge in [0.15, 0.2) is 0 Å². The van der Waals surface area contributed by atoms with Crippen LogP contribution in [0.4, 0.5) is 10.5 Å². The van der Waals surface area contributed by atoms with Gasteiger partial charge in [-0.2, -0.15) is 5.10 Å². The van der Waals surface area contributed by atoms with E-state index < -0.39 is 17.5 Å². The van der Waals surface area contributed by atoms with Gasteiger partial charge in [-0.3, -0.25) is 19.2 Å². The lowest BCUT2D eigenvalue weighted by atomic mass is 9.75. The number of nitrogens with one attached hydrogen (secondary N) is 2. The van der Waals surface area contributed by atoms with Crippen molar-refractivity contribution in [1.29, 1.82) is 0 Å². The molecule has 2 heterocycles. The van der Waals surface area contributed by atoms with Crippen molar-refractivity contribution >= 4 is 23.5 Å². The van der Waals surface area contributed by atoms with Crippen LogP contribution >= 0.6 is 0 Å². The molecule has 0 bridgehead atoms. The molecular weight excluding hydrogens is 382 g/mol. The van der Waals surface area contributed by atoms with Gasteiger partial charge in [0, 0.05) is 6.20 Å². The van der Waals surface area contributed by atoms with Crippen LogP contribution in [0, 0.1) is 5.92 Å². The van der Waals surface area contributed by atoms with Crippen LogP contribution < -0.4 is 10.6 Å². The molecule has 0 unspecified atom stereocenters. The van der Waals surface area contributed by atoms with Crippen molar-refractivity contribution in [2.75, 3.05) is 11.9 Å². The van der Waals surface area contributed by atoms with Crippen LogP contribution in [0.5, 0.6) is 0 Å². The molecule has 2 aliphatic rings. The highest BCUT2D eigenvalue weighted by atomic mass is 16.2. The maximum absolute atomic E-state index is 12.9. The van der Waals surface area contributed by atoms with E-state index in [9.17, 15) is 14.4 Å². The lowest BCUT2D eigenvalue weighted by Crippen LogP contribution is -2.49. The van der Waals surface area contributed by atoms with E-state index >= 15 is 0 Å². The number of benzene rings is 1. The molecular formula is C22H27N5O3. The Bertz CT molecular complexity index is 931. The molecule has 1 aliphatic heterocycles. The third kappa shape index (κ3) is 4.08. The van der Waals surface area contributed by atoms with E-state index in [1.807, 2.05) is 30.3 Å². The normalized spacial score (nSPS) is 23.6. The Labute approximate surface area is 175 Å². The van der Waals surface area contributed by atoms with Crippen LogP contribution in [-0.2, 0) is 16.1 Å². The predicted octanol–water partition coefficient (Wildman–Crippen LogP) is 2.76. The third-order valence-corrected chi connectivity index (χ3v) is 6.19. The van der Waals surface area contributed by atoms with Gasteiger partial charge in [0.1, 0.15) is 12.1 Å². The number of hydrogen-bond donors (Lipinski definition) is 2. The first kappa shape index (κ1) is 20.1. The zero-order chi connectivity index (χ0) is 21.1. The Balaban J connectivity index is 1.34. The van der Waals surface area contributed by atoms with Crippen molar-refractivity contribution in [2.45, 2.75) is 51.1 Å². The molecule has 0 atom stereocenters. The van der Waals surface area contributed by atoms with Crippen molar-refractivity contribution in [3.05, 3.63) is 48.3 Å². The number of anilines is 1. The van der Waals surface area contributed by atoms with Crippen LogP contribution in [0.3, 0.4) is 0 Å². The van der Waals surface area contributed by atoms with Gasteiger partial charge in [-0.05, 0) is 37.2 Å². The molecule has 30 heavy (non-hydrogen) atoms. The molecule has 1 saturated carbocycles. The highest BCUT2D eigenvalue weighted by Crippen LogP contribution is 2.37. The van der Waals surface area contributed by atoms with Crippen LogP contribution in [-0.4, -0.2) is 44.6 Å². The second-order valence-corrected chi connectivity index (χ2v) is 8.22. The Morgan fingerprint density at radius 2 is 1.97 bits per heavy atom. The molecule has 1 spiro atoms. The fraction of sp³-hybridized carbons (Fsp3) is 0.455. The summed E-state index contributed by atoms with van der Waals surface area (Å²) < 4.78 is 1.72. The molecule has 1 saturated heterocycles. The minimum Gasteiger partial charge on any atom is -0.323 e. The molecule has 158 valence electrons. The molecule has 0 radical (unpaired) electrons. The van der Waals surface area contributed by atoms with Crippen molar-refractivity contribution in [2.24, 2.45) is 5.92 Å². The maximum Gasteiger partial charge on any atom is 0.325 e. The maximum atomic E-state index is 12.9. The summed E-state index contributed by atoms with van der Waals surface area (Å²) in [5, 5.41) is 9.83. The Kier molecular flexibility index (Phi) is 5.57. The van der Waals surface area contributed by atoms with Gasteiger partial charge in [0.2, 0.25) is 5.91 Å². The first-order chi connectivity index (χ1) is 14.5. The molecule has 2 N–H and O–H groups in total. The molecule has 1 aromatic heterocycles. The van der Waals surface area contributed by atoms with E-state index in [4.69, 9.17) is 0 Å². The fourth-order valence-electron chi connectivity index (χ4n) is 4.37. The van der Waals surface area contributed by atoms with Gasteiger partial charge in [0.25, 0.3) is 5.91 Å². The van der Waals surface area contributed by atoms with Crippen LogP contribution in [0.1, 0.15) is 44.6 Å². The van der Waals surface area contributed by atoms with Gasteiger partial charge in [-0.25, -0.2) is 4.79 Å². The molecule has 4 rings (SSSR count). The van der Waals surface area contributed by atoms with Gasteiger partial charge in [0.05, 0.1) is 18.4 Å². The Morgan fingerprint density at radius 3 is 2.67 bits per heavy atom. The van der Waals surface area contributed by atoms with Crippen LogP contribution in [0.25, 0.3) is 0 Å². The number of hydrogen-bond acceptors (Lipinski definition) is 4. The zero-order valence-electron chi connectivity index (χ0n) is 17.1. The lowest BCUT2D eigenvalue weighted by Gasteiger charge is -2.34. The first-order valence-electron chi connectivity index (χ1n) is 10.5. The molecule has 8 nitrogen and oxygen atoms in total. The molecule has 4 amide bonds. The Hall–Kier alpha value is -3.16. The topological polar surface area (TPSA) is 96.3 Å². The molecule has 2 fully saturated rings. The summed E-state index contributed by atoms with van der Waals surface area (Å²) in [5.74, 6) is -0.0980. The van der Waals surface area contributed by atoms with E-state index in [0.717, 1.165) is 29.7 Å². The SMILES string of the molecule is CCC1CCC2(CC1)NC(=O)N(CC(=O)Nc1cnn(Cc3ccccc3)c1)C2=O. The summed E-state index contributed by atoms with van der Waals surface area (Å²) in [7, 11) is 0. The minimum absolute atomic E-state index is 0.281. The highest BCUT2D eigenvalue weighted by molar-refractivity contribution is 6.10. The fourth-order valence-corrected chi connectivity index (χ4v) is 4.37. The quantitative estimate of drug-likeness (QED) is 0.717. The average molecular weight is 409 g/mol. The third-order valence-electron chi connectivity index (χ3n) is 6.19. The average Bonchev–Trinajstić information content (AvgIpc) is 3.27. The van der Waals surface area contributed by atoms with Crippen molar-refractivity contribution in [3.63, 3.8) is 0 Å². The predicted molar refractivity (Wildman–Crippen MR) is 112 cm³/mol. The summed E-state index contributed by atoms with van der Waals surface area (Å²) in [6, 6.07) is 9.39. The number of aromatic nitrogens is 2. The zero-order valence-corrected chi connectivity index (χ0v) is 17.1. The molecule has 8 heteroatoms. The standard InChI is InChI=1S/C22H27N5O3/c1-2-16-8-10-22(11-9-16)20(29)27(21(30)25-22)15-19(28)24-18-12-23-26(14-18)13-17-6-4-3-5-7-17/h3-7,12,14,16H,2,8-11,13,15H2,1H3,(H,24,28)(H,25,30). The number of urea groups is 1. The lowest BCUT2D eigenvalue weighted by molar-refractivity contribution is -0.135. The number of carbonyl (C=O) groups is 3. The van der Waals surface area contributed by atoms with E-state index in [-0.39, 0.29) is 12.5 Å². The van der Waals surface area contributed by atoms with Gasteiger partial charge in [-0.15, -0.1) is 0 Å². The van der Waals surface area contributed by atoms with Gasteiger partial charge in [-0.1, -0.05) is 43.7 Å². The monoisotopic (exact) mass is 409 g/mol. The van der Waals surface area contributed by atoms with Crippen molar-refractivity contribution in [1.82, 2.24) is 20.0 Å². The van der Waals surface area contributed by atoms with Crippen LogP contribution in [0.15, 0.2) is 42.7 Å². The smallest absolute Gasteiger partial charge is 0.323 e. The Morgan fingerprint density at radius 1 is 1.23 bits per heavy atom. The van der Waals surface area contributed by atoms with Crippen molar-refractivity contribution in [3.8, 4) is 0 Å². The summed E-state index contributed by atoms with van der Waals surface area (Å²) in [4.78, 5) is 38.8. The minimum atomic E-state index is -0.830. The van der Waals surface area contributed by atoms with E-state index in [2.05, 4.69) is 22.7 Å². The number of amides is 4. The molecule has 1 aliphatic carbocycles. The number of nitrogens with zero attached hydrogens (tertiary/aromatic N) is 3. The number of rotatable bonds is 6. The van der Waals surface area contributed by atoms with Crippen molar-refractivity contribution < 1.29 is 14.4 Å². The second kappa shape index (κ2) is 8.30. The van der Waals surface area contributed by atoms with E-state index in [1.54, 1.807) is 17.1 Å². The van der Waals surface area contributed by atoms with E-state index in [0.29, 0.717) is 31.0 Å². The summed E-state index contributed by atoms with van der Waals surface area (Å²) >= 11 is 0. The summed E-state index contributed by atoms with van der Waals surface area (Å²) in [6.45, 7) is 2.44. The first-order valence-corrected chi connectivity index (χ1v) is 10.5. The van der Waals surface area contributed by atoms with Gasteiger partial charge < -0.3 is 10.6 Å².